The minimum Gasteiger partial charge on any atom is -0.374 e. The fraction of sp³-hybridized carbons (Fsp3) is 0.267. The lowest BCUT2D eigenvalue weighted by atomic mass is 10.1. The van der Waals surface area contributed by atoms with Gasteiger partial charge in [-0.3, -0.25) is 4.79 Å². The minimum absolute atomic E-state index is 0.160. The first-order valence-corrected chi connectivity index (χ1v) is 7.76. The van der Waals surface area contributed by atoms with Crippen LogP contribution in [0, 0.1) is 13.8 Å². The molecule has 0 unspecified atom stereocenters. The number of hydrogen-bond acceptors (Lipinski definition) is 5. The zero-order valence-corrected chi connectivity index (χ0v) is 13.4. The minimum atomic E-state index is -0.241. The highest BCUT2D eigenvalue weighted by Crippen LogP contribution is 2.24. The SMILES string of the molecule is Cc1ccc2[nH]c(C(=O)N[C@H](C)c3nnc(N)s3)c(C)c2c1. The van der Waals surface area contributed by atoms with E-state index in [1.807, 2.05) is 32.9 Å². The van der Waals surface area contributed by atoms with Crippen molar-refractivity contribution in [2.75, 3.05) is 5.73 Å². The summed E-state index contributed by atoms with van der Waals surface area (Å²) in [5, 5.41) is 12.8. The van der Waals surface area contributed by atoms with Crippen LogP contribution in [0.3, 0.4) is 0 Å². The van der Waals surface area contributed by atoms with E-state index in [4.69, 9.17) is 5.73 Å². The van der Waals surface area contributed by atoms with Gasteiger partial charge in [-0.25, -0.2) is 0 Å². The van der Waals surface area contributed by atoms with Gasteiger partial charge in [0, 0.05) is 10.9 Å². The molecule has 7 heteroatoms. The summed E-state index contributed by atoms with van der Waals surface area (Å²) in [5.74, 6) is -0.160. The smallest absolute Gasteiger partial charge is 0.268 e. The number of aromatic amines is 1. The standard InChI is InChI=1S/C15H17N5OS/c1-7-4-5-11-10(6-7)8(2)12(18-11)13(21)17-9(3)14-19-20-15(16)22-14/h4-6,9,18H,1-3H3,(H2,16,20)(H,17,21)/t9-/m1/s1. The van der Waals surface area contributed by atoms with Gasteiger partial charge in [-0.15, -0.1) is 10.2 Å². The number of nitrogens with one attached hydrogen (secondary N) is 2. The number of nitrogens with two attached hydrogens (primary N) is 1. The molecular formula is C15H17N5OS. The molecule has 0 radical (unpaired) electrons. The molecule has 1 aromatic carbocycles. The Bertz CT molecular complexity index is 851. The number of aromatic nitrogens is 3. The molecule has 22 heavy (non-hydrogen) atoms. The van der Waals surface area contributed by atoms with Crippen molar-refractivity contribution in [3.8, 4) is 0 Å². The molecule has 1 atom stereocenters. The Morgan fingerprint density at radius 3 is 2.82 bits per heavy atom. The van der Waals surface area contributed by atoms with Crippen molar-refractivity contribution in [1.29, 1.82) is 0 Å². The maximum Gasteiger partial charge on any atom is 0.268 e. The number of H-pyrrole nitrogens is 1. The van der Waals surface area contributed by atoms with E-state index in [0.29, 0.717) is 15.8 Å². The highest BCUT2D eigenvalue weighted by Gasteiger charge is 2.19. The molecule has 0 aliphatic carbocycles. The van der Waals surface area contributed by atoms with Crippen LogP contribution in [0.2, 0.25) is 0 Å². The third-order valence-corrected chi connectivity index (χ3v) is 4.55. The molecular weight excluding hydrogens is 298 g/mol. The summed E-state index contributed by atoms with van der Waals surface area (Å²) in [6, 6.07) is 5.85. The van der Waals surface area contributed by atoms with Crippen LogP contribution in [0.1, 0.15) is 39.6 Å². The van der Waals surface area contributed by atoms with Gasteiger partial charge in [-0.2, -0.15) is 0 Å². The van der Waals surface area contributed by atoms with Crippen LogP contribution in [-0.4, -0.2) is 21.1 Å². The normalized spacial score (nSPS) is 12.5. The molecule has 0 saturated heterocycles. The van der Waals surface area contributed by atoms with Crippen LogP contribution in [-0.2, 0) is 0 Å². The Morgan fingerprint density at radius 2 is 2.14 bits per heavy atom. The van der Waals surface area contributed by atoms with Crippen molar-refractivity contribution >= 4 is 33.3 Å². The third kappa shape index (κ3) is 2.55. The van der Waals surface area contributed by atoms with E-state index in [9.17, 15) is 4.79 Å². The van der Waals surface area contributed by atoms with E-state index >= 15 is 0 Å². The number of carbonyl (C=O) groups excluding carboxylic acids is 1. The van der Waals surface area contributed by atoms with Crippen molar-refractivity contribution in [3.05, 3.63) is 40.0 Å². The Kier molecular flexibility index (Phi) is 3.58. The first-order valence-electron chi connectivity index (χ1n) is 6.94. The zero-order chi connectivity index (χ0) is 15.9. The summed E-state index contributed by atoms with van der Waals surface area (Å²) in [6.07, 6.45) is 0. The molecule has 114 valence electrons. The second-order valence-electron chi connectivity index (χ2n) is 5.35. The topological polar surface area (TPSA) is 96.7 Å². The largest absolute Gasteiger partial charge is 0.374 e. The van der Waals surface area contributed by atoms with Crippen LogP contribution >= 0.6 is 11.3 Å². The summed E-state index contributed by atoms with van der Waals surface area (Å²) >= 11 is 1.27. The van der Waals surface area contributed by atoms with Gasteiger partial charge in [0.05, 0.1) is 6.04 Å². The van der Waals surface area contributed by atoms with Crippen LogP contribution in [0.5, 0.6) is 0 Å². The fourth-order valence-electron chi connectivity index (χ4n) is 2.42. The van der Waals surface area contributed by atoms with E-state index in [1.165, 1.54) is 16.9 Å². The summed E-state index contributed by atoms with van der Waals surface area (Å²) < 4.78 is 0. The number of fused-ring (bicyclic) bond motifs is 1. The van der Waals surface area contributed by atoms with Crippen molar-refractivity contribution in [2.24, 2.45) is 0 Å². The first-order chi connectivity index (χ1) is 10.5. The molecule has 1 amide bonds. The Balaban J connectivity index is 1.87. The van der Waals surface area contributed by atoms with Gasteiger partial charge in [-0.1, -0.05) is 23.0 Å². The maximum absolute atomic E-state index is 12.5. The lowest BCUT2D eigenvalue weighted by Crippen LogP contribution is -2.27. The maximum atomic E-state index is 12.5. The van der Waals surface area contributed by atoms with Gasteiger partial charge in [0.2, 0.25) is 5.13 Å². The van der Waals surface area contributed by atoms with Crippen LogP contribution in [0.15, 0.2) is 18.2 Å². The molecule has 0 saturated carbocycles. The number of amides is 1. The zero-order valence-electron chi connectivity index (χ0n) is 12.6. The van der Waals surface area contributed by atoms with Crippen LogP contribution in [0.4, 0.5) is 5.13 Å². The Morgan fingerprint density at radius 1 is 1.36 bits per heavy atom. The fourth-order valence-corrected chi connectivity index (χ4v) is 3.03. The first kappa shape index (κ1) is 14.5. The van der Waals surface area contributed by atoms with Gasteiger partial charge in [-0.05, 0) is 38.5 Å². The number of nitrogens with zero attached hydrogens (tertiary/aromatic N) is 2. The monoisotopic (exact) mass is 315 g/mol. The lowest BCUT2D eigenvalue weighted by Gasteiger charge is -2.10. The quantitative estimate of drug-likeness (QED) is 0.692. The molecule has 0 bridgehead atoms. The van der Waals surface area contributed by atoms with Gasteiger partial charge in [0.15, 0.2) is 0 Å². The number of anilines is 1. The lowest BCUT2D eigenvalue weighted by molar-refractivity contribution is 0.0935. The number of hydrogen-bond donors (Lipinski definition) is 3. The molecule has 2 aromatic heterocycles. The molecule has 2 heterocycles. The predicted octanol–water partition coefficient (Wildman–Crippen LogP) is 2.71. The van der Waals surface area contributed by atoms with E-state index in [-0.39, 0.29) is 11.9 Å². The summed E-state index contributed by atoms with van der Waals surface area (Å²) in [5.41, 5.74) is 9.22. The van der Waals surface area contributed by atoms with E-state index in [1.54, 1.807) is 0 Å². The second kappa shape index (κ2) is 5.42. The number of benzene rings is 1. The average molecular weight is 315 g/mol. The van der Waals surface area contributed by atoms with Crippen LogP contribution in [0.25, 0.3) is 10.9 Å². The molecule has 4 N–H and O–H groups in total. The molecule has 6 nitrogen and oxygen atoms in total. The van der Waals surface area contributed by atoms with Crippen molar-refractivity contribution in [2.45, 2.75) is 26.8 Å². The summed E-state index contributed by atoms with van der Waals surface area (Å²) in [4.78, 5) is 15.7. The van der Waals surface area contributed by atoms with E-state index in [0.717, 1.165) is 16.5 Å². The highest BCUT2D eigenvalue weighted by atomic mass is 32.1. The number of aryl methyl sites for hydroxylation is 2. The predicted molar refractivity (Wildman–Crippen MR) is 88.0 cm³/mol. The molecule has 0 fully saturated rings. The van der Waals surface area contributed by atoms with Crippen molar-refractivity contribution < 1.29 is 4.79 Å². The molecule has 3 aromatic rings. The van der Waals surface area contributed by atoms with E-state index in [2.05, 4.69) is 26.6 Å². The number of nitrogen functional groups attached to an aromatic ring is 1. The van der Waals surface area contributed by atoms with Gasteiger partial charge < -0.3 is 16.0 Å². The van der Waals surface area contributed by atoms with Crippen molar-refractivity contribution in [1.82, 2.24) is 20.5 Å². The summed E-state index contributed by atoms with van der Waals surface area (Å²) in [6.45, 7) is 5.84. The molecule has 0 aliphatic heterocycles. The van der Waals surface area contributed by atoms with Crippen LogP contribution < -0.4 is 11.1 Å². The number of carbonyl (C=O) groups is 1. The Hall–Kier alpha value is -2.41. The van der Waals surface area contributed by atoms with E-state index < -0.39 is 0 Å². The van der Waals surface area contributed by atoms with Gasteiger partial charge in [0.1, 0.15) is 10.7 Å². The summed E-state index contributed by atoms with van der Waals surface area (Å²) in [7, 11) is 0. The molecule has 0 aliphatic rings. The van der Waals surface area contributed by atoms with Crippen molar-refractivity contribution in [3.63, 3.8) is 0 Å². The second-order valence-corrected chi connectivity index (χ2v) is 6.39. The Labute approximate surface area is 131 Å². The number of rotatable bonds is 3. The molecule has 3 rings (SSSR count). The third-order valence-electron chi connectivity index (χ3n) is 3.62. The van der Waals surface area contributed by atoms with Gasteiger partial charge >= 0.3 is 0 Å². The highest BCUT2D eigenvalue weighted by molar-refractivity contribution is 7.15. The van der Waals surface area contributed by atoms with Gasteiger partial charge in [0.25, 0.3) is 5.91 Å². The average Bonchev–Trinajstić information content (AvgIpc) is 3.04. The molecule has 0 spiro atoms.